The van der Waals surface area contributed by atoms with Gasteiger partial charge in [0.1, 0.15) is 0 Å². The topological polar surface area (TPSA) is 51.6 Å². The van der Waals surface area contributed by atoms with Crippen LogP contribution in [0.2, 0.25) is 0 Å². The van der Waals surface area contributed by atoms with E-state index in [0.29, 0.717) is 11.3 Å². The SMILES string of the molecule is Cc1nc2nccnc2nc1C. The molecule has 0 aliphatic carbocycles. The van der Waals surface area contributed by atoms with Crippen LogP contribution in [0.5, 0.6) is 0 Å². The maximum atomic E-state index is 4.24. The van der Waals surface area contributed by atoms with Crippen LogP contribution in [0.15, 0.2) is 12.4 Å². The molecule has 0 saturated heterocycles. The summed E-state index contributed by atoms with van der Waals surface area (Å²) >= 11 is 0. The molecule has 0 saturated carbocycles. The lowest BCUT2D eigenvalue weighted by atomic mass is 10.3. The highest BCUT2D eigenvalue weighted by Crippen LogP contribution is 2.05. The summed E-state index contributed by atoms with van der Waals surface area (Å²) in [4.78, 5) is 16.6. The van der Waals surface area contributed by atoms with Gasteiger partial charge in [-0.15, -0.1) is 0 Å². The van der Waals surface area contributed by atoms with Gasteiger partial charge in [0.15, 0.2) is 11.3 Å². The standard InChI is InChI=1S/C8H8N4/c1-5-6(2)12-8-7(11-5)9-3-4-10-8/h3-4H,1-2H3. The molecule has 2 aromatic heterocycles. The lowest BCUT2D eigenvalue weighted by Crippen LogP contribution is -1.96. The van der Waals surface area contributed by atoms with Gasteiger partial charge < -0.3 is 0 Å². The fraction of sp³-hybridized carbons (Fsp3) is 0.250. The van der Waals surface area contributed by atoms with Crippen LogP contribution in [0.25, 0.3) is 11.3 Å². The van der Waals surface area contributed by atoms with Crippen molar-refractivity contribution in [1.29, 1.82) is 0 Å². The molecule has 2 aromatic rings. The monoisotopic (exact) mass is 160 g/mol. The van der Waals surface area contributed by atoms with Crippen LogP contribution in [0.1, 0.15) is 11.4 Å². The number of nitrogens with zero attached hydrogens (tertiary/aromatic N) is 4. The van der Waals surface area contributed by atoms with Gasteiger partial charge in [-0.2, -0.15) is 0 Å². The molecule has 0 N–H and O–H groups in total. The Morgan fingerprint density at radius 3 is 1.67 bits per heavy atom. The van der Waals surface area contributed by atoms with Crippen molar-refractivity contribution in [2.75, 3.05) is 0 Å². The van der Waals surface area contributed by atoms with E-state index in [2.05, 4.69) is 19.9 Å². The number of hydrogen-bond donors (Lipinski definition) is 0. The van der Waals surface area contributed by atoms with E-state index in [1.54, 1.807) is 12.4 Å². The van der Waals surface area contributed by atoms with Gasteiger partial charge in [0.25, 0.3) is 0 Å². The van der Waals surface area contributed by atoms with Gasteiger partial charge in [-0.05, 0) is 13.8 Å². The average Bonchev–Trinajstić information content (AvgIpc) is 2.07. The summed E-state index contributed by atoms with van der Waals surface area (Å²) in [5.74, 6) is 0. The van der Waals surface area contributed by atoms with Gasteiger partial charge in [0, 0.05) is 12.4 Å². The van der Waals surface area contributed by atoms with Crippen LogP contribution in [0.4, 0.5) is 0 Å². The molecule has 0 radical (unpaired) electrons. The minimum Gasteiger partial charge on any atom is -0.232 e. The predicted molar refractivity (Wildman–Crippen MR) is 44.6 cm³/mol. The molecule has 60 valence electrons. The van der Waals surface area contributed by atoms with Crippen molar-refractivity contribution in [2.24, 2.45) is 0 Å². The second-order valence-electron chi connectivity index (χ2n) is 2.60. The summed E-state index contributed by atoms with van der Waals surface area (Å²) in [6.07, 6.45) is 3.23. The van der Waals surface area contributed by atoms with Crippen molar-refractivity contribution >= 4 is 11.3 Å². The number of rotatable bonds is 0. The second kappa shape index (κ2) is 2.48. The Hall–Kier alpha value is -1.58. The minimum absolute atomic E-state index is 0.612. The molecule has 2 rings (SSSR count). The van der Waals surface area contributed by atoms with Crippen molar-refractivity contribution in [3.63, 3.8) is 0 Å². The first kappa shape index (κ1) is 7.09. The Labute approximate surface area is 69.7 Å². The number of aryl methyl sites for hydroxylation is 2. The van der Waals surface area contributed by atoms with Crippen LogP contribution in [-0.4, -0.2) is 19.9 Å². The van der Waals surface area contributed by atoms with Crippen LogP contribution in [0.3, 0.4) is 0 Å². The lowest BCUT2D eigenvalue weighted by Gasteiger charge is -1.98. The van der Waals surface area contributed by atoms with Crippen molar-refractivity contribution in [1.82, 2.24) is 19.9 Å². The summed E-state index contributed by atoms with van der Waals surface area (Å²) in [5, 5.41) is 0. The minimum atomic E-state index is 0.612. The fourth-order valence-electron chi connectivity index (χ4n) is 0.961. The first-order valence-electron chi connectivity index (χ1n) is 3.69. The van der Waals surface area contributed by atoms with Crippen molar-refractivity contribution in [3.8, 4) is 0 Å². The largest absolute Gasteiger partial charge is 0.232 e. The highest BCUT2D eigenvalue weighted by atomic mass is 15.0. The van der Waals surface area contributed by atoms with E-state index in [1.165, 1.54) is 0 Å². The Bertz CT molecular complexity index is 384. The number of aromatic nitrogens is 4. The third-order valence-corrected chi connectivity index (χ3v) is 1.73. The highest BCUT2D eigenvalue weighted by molar-refractivity contribution is 5.63. The average molecular weight is 160 g/mol. The summed E-state index contributed by atoms with van der Waals surface area (Å²) in [6.45, 7) is 3.83. The Morgan fingerprint density at radius 1 is 0.833 bits per heavy atom. The van der Waals surface area contributed by atoms with Gasteiger partial charge in [-0.25, -0.2) is 19.9 Å². The third kappa shape index (κ3) is 1.01. The molecule has 2 heterocycles. The molecule has 0 unspecified atom stereocenters. The van der Waals surface area contributed by atoms with Gasteiger partial charge in [-0.1, -0.05) is 0 Å². The summed E-state index contributed by atoms with van der Waals surface area (Å²) in [5.41, 5.74) is 3.03. The molecule has 0 spiro atoms. The number of hydrogen-bond acceptors (Lipinski definition) is 4. The zero-order valence-electron chi connectivity index (χ0n) is 6.94. The van der Waals surface area contributed by atoms with Crippen molar-refractivity contribution < 1.29 is 0 Å². The van der Waals surface area contributed by atoms with E-state index >= 15 is 0 Å². The zero-order valence-corrected chi connectivity index (χ0v) is 6.94. The molecule has 4 nitrogen and oxygen atoms in total. The molecule has 4 heteroatoms. The van der Waals surface area contributed by atoms with Gasteiger partial charge >= 0.3 is 0 Å². The molecule has 0 bridgehead atoms. The van der Waals surface area contributed by atoms with E-state index in [-0.39, 0.29) is 0 Å². The maximum absolute atomic E-state index is 4.24. The molecular weight excluding hydrogens is 152 g/mol. The zero-order chi connectivity index (χ0) is 8.55. The molecule has 0 fully saturated rings. The molecule has 0 amide bonds. The molecular formula is C8H8N4. The number of fused-ring (bicyclic) bond motifs is 1. The molecule has 0 atom stereocenters. The van der Waals surface area contributed by atoms with Crippen LogP contribution in [0, 0.1) is 13.8 Å². The third-order valence-electron chi connectivity index (χ3n) is 1.73. The van der Waals surface area contributed by atoms with E-state index in [9.17, 15) is 0 Å². The van der Waals surface area contributed by atoms with E-state index in [0.717, 1.165) is 11.4 Å². The van der Waals surface area contributed by atoms with Crippen molar-refractivity contribution in [2.45, 2.75) is 13.8 Å². The van der Waals surface area contributed by atoms with Crippen molar-refractivity contribution in [3.05, 3.63) is 23.8 Å². The fourth-order valence-corrected chi connectivity index (χ4v) is 0.961. The van der Waals surface area contributed by atoms with E-state index in [1.807, 2.05) is 13.8 Å². The molecule has 0 aromatic carbocycles. The van der Waals surface area contributed by atoms with Crippen LogP contribution < -0.4 is 0 Å². The molecule has 0 aliphatic rings. The van der Waals surface area contributed by atoms with Gasteiger partial charge in [-0.3, -0.25) is 0 Å². The van der Waals surface area contributed by atoms with Crippen LogP contribution >= 0.6 is 0 Å². The first-order chi connectivity index (χ1) is 5.77. The lowest BCUT2D eigenvalue weighted by molar-refractivity contribution is 1.05. The Morgan fingerprint density at radius 2 is 1.25 bits per heavy atom. The van der Waals surface area contributed by atoms with Crippen LogP contribution in [-0.2, 0) is 0 Å². The highest BCUT2D eigenvalue weighted by Gasteiger charge is 2.00. The quantitative estimate of drug-likeness (QED) is 0.577. The van der Waals surface area contributed by atoms with Gasteiger partial charge in [0.2, 0.25) is 0 Å². The van der Waals surface area contributed by atoms with E-state index in [4.69, 9.17) is 0 Å². The summed E-state index contributed by atoms with van der Waals surface area (Å²) < 4.78 is 0. The Kier molecular flexibility index (Phi) is 1.46. The smallest absolute Gasteiger partial charge is 0.198 e. The maximum Gasteiger partial charge on any atom is 0.198 e. The molecule has 12 heavy (non-hydrogen) atoms. The Balaban J connectivity index is 2.84. The van der Waals surface area contributed by atoms with E-state index < -0.39 is 0 Å². The summed E-state index contributed by atoms with van der Waals surface area (Å²) in [7, 11) is 0. The molecule has 0 aliphatic heterocycles. The summed E-state index contributed by atoms with van der Waals surface area (Å²) in [6, 6.07) is 0. The predicted octanol–water partition coefficient (Wildman–Crippen LogP) is 1.04. The van der Waals surface area contributed by atoms with Gasteiger partial charge in [0.05, 0.1) is 11.4 Å². The first-order valence-corrected chi connectivity index (χ1v) is 3.69. The normalized spacial score (nSPS) is 10.5. The second-order valence-corrected chi connectivity index (χ2v) is 2.60.